The Kier molecular flexibility index (Phi) is 4.69. The van der Waals surface area contributed by atoms with Crippen LogP contribution in [0.4, 0.5) is 0 Å². The molecule has 1 aliphatic rings. The van der Waals surface area contributed by atoms with E-state index in [4.69, 9.17) is 0 Å². The summed E-state index contributed by atoms with van der Waals surface area (Å²) in [6.45, 7) is 1.89. The predicted molar refractivity (Wildman–Crippen MR) is 92.1 cm³/mol. The van der Waals surface area contributed by atoms with Crippen molar-refractivity contribution in [3.05, 3.63) is 65.7 Å². The van der Waals surface area contributed by atoms with Crippen molar-refractivity contribution in [2.24, 2.45) is 0 Å². The van der Waals surface area contributed by atoms with E-state index < -0.39 is 10.0 Å². The summed E-state index contributed by atoms with van der Waals surface area (Å²) < 4.78 is 27.1. The van der Waals surface area contributed by atoms with Gasteiger partial charge in [0.2, 0.25) is 10.0 Å². The Morgan fingerprint density at radius 1 is 1.08 bits per heavy atom. The van der Waals surface area contributed by atoms with Crippen LogP contribution < -0.4 is 10.0 Å². The molecule has 1 atom stereocenters. The van der Waals surface area contributed by atoms with Crippen molar-refractivity contribution in [3.63, 3.8) is 0 Å². The number of carbonyl (C=O) groups excluding carboxylic acids is 1. The number of sulfonamides is 1. The van der Waals surface area contributed by atoms with Crippen molar-refractivity contribution in [2.45, 2.75) is 36.7 Å². The number of hydrogen-bond acceptors (Lipinski definition) is 3. The molecule has 6 heteroatoms. The number of carbonyl (C=O) groups is 1. The first-order chi connectivity index (χ1) is 11.5. The first kappa shape index (κ1) is 16.7. The van der Waals surface area contributed by atoms with Gasteiger partial charge in [-0.1, -0.05) is 36.4 Å². The minimum Gasteiger partial charge on any atom is -0.346 e. The van der Waals surface area contributed by atoms with Crippen LogP contribution >= 0.6 is 0 Å². The van der Waals surface area contributed by atoms with Gasteiger partial charge in [0.05, 0.1) is 10.9 Å². The Balaban J connectivity index is 1.74. The molecule has 0 unspecified atom stereocenters. The number of rotatable bonds is 6. The molecule has 0 heterocycles. The summed E-state index contributed by atoms with van der Waals surface area (Å²) in [5.74, 6) is -0.296. The summed E-state index contributed by atoms with van der Waals surface area (Å²) in [5.41, 5.74) is 1.32. The maximum absolute atomic E-state index is 12.4. The second-order valence-electron chi connectivity index (χ2n) is 6.03. The molecule has 0 aromatic heterocycles. The van der Waals surface area contributed by atoms with E-state index in [1.54, 1.807) is 12.1 Å². The highest BCUT2D eigenvalue weighted by atomic mass is 32.2. The number of hydrogen-bond donors (Lipinski definition) is 2. The Labute approximate surface area is 142 Å². The van der Waals surface area contributed by atoms with Crippen LogP contribution in [0.25, 0.3) is 0 Å². The van der Waals surface area contributed by atoms with Gasteiger partial charge < -0.3 is 5.32 Å². The van der Waals surface area contributed by atoms with E-state index in [-0.39, 0.29) is 22.9 Å². The second kappa shape index (κ2) is 6.75. The lowest BCUT2D eigenvalue weighted by molar-refractivity contribution is 0.0939. The molecule has 0 aliphatic heterocycles. The Morgan fingerprint density at radius 3 is 2.46 bits per heavy atom. The molecule has 1 amide bonds. The zero-order chi connectivity index (χ0) is 17.2. The van der Waals surface area contributed by atoms with Crippen LogP contribution in [0.5, 0.6) is 0 Å². The van der Waals surface area contributed by atoms with E-state index in [0.717, 1.165) is 18.4 Å². The molecule has 1 saturated carbocycles. The van der Waals surface area contributed by atoms with Crippen LogP contribution in [0.3, 0.4) is 0 Å². The SMILES string of the molecule is C[C@H](NC(=O)c1cccc(S(=O)(=O)NC2CC2)c1)c1ccccc1. The van der Waals surface area contributed by atoms with Gasteiger partial charge in [-0.2, -0.15) is 0 Å². The standard InChI is InChI=1S/C18H20N2O3S/c1-13(14-6-3-2-4-7-14)19-18(21)15-8-5-9-17(12-15)24(22,23)20-16-10-11-16/h2-9,12-13,16,20H,10-11H2,1H3,(H,19,21)/t13-/m0/s1. The zero-order valence-corrected chi connectivity index (χ0v) is 14.2. The van der Waals surface area contributed by atoms with Gasteiger partial charge in [-0.05, 0) is 43.5 Å². The maximum Gasteiger partial charge on any atom is 0.251 e. The molecule has 24 heavy (non-hydrogen) atoms. The highest BCUT2D eigenvalue weighted by Crippen LogP contribution is 2.22. The molecule has 2 aromatic carbocycles. The first-order valence-corrected chi connectivity index (χ1v) is 9.42. The molecular weight excluding hydrogens is 324 g/mol. The fourth-order valence-corrected chi connectivity index (χ4v) is 3.75. The molecule has 0 spiro atoms. The largest absolute Gasteiger partial charge is 0.346 e. The molecule has 0 radical (unpaired) electrons. The summed E-state index contributed by atoms with van der Waals surface area (Å²) in [4.78, 5) is 12.5. The van der Waals surface area contributed by atoms with E-state index in [1.807, 2.05) is 37.3 Å². The number of nitrogens with one attached hydrogen (secondary N) is 2. The predicted octanol–water partition coefficient (Wildman–Crippen LogP) is 2.62. The van der Waals surface area contributed by atoms with Crippen LogP contribution in [0, 0.1) is 0 Å². The van der Waals surface area contributed by atoms with E-state index >= 15 is 0 Å². The van der Waals surface area contributed by atoms with Gasteiger partial charge in [0.25, 0.3) is 5.91 Å². The third kappa shape index (κ3) is 4.01. The van der Waals surface area contributed by atoms with E-state index in [1.165, 1.54) is 12.1 Å². The molecule has 2 N–H and O–H groups in total. The minimum atomic E-state index is -3.56. The highest BCUT2D eigenvalue weighted by Gasteiger charge is 2.28. The fraction of sp³-hybridized carbons (Fsp3) is 0.278. The van der Waals surface area contributed by atoms with Crippen LogP contribution in [0.1, 0.15) is 41.7 Å². The third-order valence-electron chi connectivity index (χ3n) is 3.95. The molecule has 126 valence electrons. The summed E-state index contributed by atoms with van der Waals surface area (Å²) in [7, 11) is -3.56. The second-order valence-corrected chi connectivity index (χ2v) is 7.74. The van der Waals surface area contributed by atoms with E-state index in [9.17, 15) is 13.2 Å². The molecule has 3 rings (SSSR count). The van der Waals surface area contributed by atoms with Gasteiger partial charge in [-0.15, -0.1) is 0 Å². The molecule has 0 bridgehead atoms. The van der Waals surface area contributed by atoms with Crippen molar-refractivity contribution in [2.75, 3.05) is 0 Å². The summed E-state index contributed by atoms with van der Waals surface area (Å²) in [5, 5.41) is 2.89. The van der Waals surface area contributed by atoms with Crippen molar-refractivity contribution in [1.82, 2.24) is 10.0 Å². The third-order valence-corrected chi connectivity index (χ3v) is 5.47. The Hall–Kier alpha value is -2.18. The minimum absolute atomic E-state index is 0.0329. The number of benzene rings is 2. The topological polar surface area (TPSA) is 75.3 Å². The van der Waals surface area contributed by atoms with Crippen LogP contribution in [0.15, 0.2) is 59.5 Å². The molecule has 1 aliphatic carbocycles. The number of amides is 1. The molecule has 5 nitrogen and oxygen atoms in total. The van der Waals surface area contributed by atoms with Gasteiger partial charge >= 0.3 is 0 Å². The van der Waals surface area contributed by atoms with E-state index in [0.29, 0.717) is 5.56 Å². The van der Waals surface area contributed by atoms with Gasteiger partial charge in [-0.25, -0.2) is 13.1 Å². The Bertz CT molecular complexity index is 830. The lowest BCUT2D eigenvalue weighted by Crippen LogP contribution is -2.28. The highest BCUT2D eigenvalue weighted by molar-refractivity contribution is 7.89. The van der Waals surface area contributed by atoms with Gasteiger partial charge in [0.15, 0.2) is 0 Å². The lowest BCUT2D eigenvalue weighted by Gasteiger charge is -2.15. The smallest absolute Gasteiger partial charge is 0.251 e. The summed E-state index contributed by atoms with van der Waals surface area (Å²) in [6, 6.07) is 15.6. The zero-order valence-electron chi connectivity index (χ0n) is 13.4. The van der Waals surface area contributed by atoms with Crippen molar-refractivity contribution in [1.29, 1.82) is 0 Å². The first-order valence-electron chi connectivity index (χ1n) is 7.94. The van der Waals surface area contributed by atoms with Gasteiger partial charge in [0.1, 0.15) is 0 Å². The molecule has 1 fully saturated rings. The lowest BCUT2D eigenvalue weighted by atomic mass is 10.1. The maximum atomic E-state index is 12.4. The van der Waals surface area contributed by atoms with Gasteiger partial charge in [-0.3, -0.25) is 4.79 Å². The average molecular weight is 344 g/mol. The molecule has 0 saturated heterocycles. The molecule has 2 aromatic rings. The Morgan fingerprint density at radius 2 is 1.79 bits per heavy atom. The van der Waals surface area contributed by atoms with Crippen LogP contribution in [0.2, 0.25) is 0 Å². The average Bonchev–Trinajstić information content (AvgIpc) is 3.39. The van der Waals surface area contributed by atoms with Crippen LogP contribution in [-0.4, -0.2) is 20.4 Å². The van der Waals surface area contributed by atoms with Gasteiger partial charge in [0, 0.05) is 11.6 Å². The van der Waals surface area contributed by atoms with Crippen molar-refractivity contribution < 1.29 is 13.2 Å². The normalized spacial score (nSPS) is 15.7. The van der Waals surface area contributed by atoms with Crippen molar-refractivity contribution in [3.8, 4) is 0 Å². The quantitative estimate of drug-likeness (QED) is 0.846. The van der Waals surface area contributed by atoms with Crippen molar-refractivity contribution >= 4 is 15.9 Å². The van der Waals surface area contributed by atoms with E-state index in [2.05, 4.69) is 10.0 Å². The fourth-order valence-electron chi connectivity index (χ4n) is 2.40. The summed E-state index contributed by atoms with van der Waals surface area (Å²) in [6.07, 6.45) is 1.74. The van der Waals surface area contributed by atoms with Crippen LogP contribution in [-0.2, 0) is 10.0 Å². The summed E-state index contributed by atoms with van der Waals surface area (Å²) >= 11 is 0. The molecular formula is C18H20N2O3S. The monoisotopic (exact) mass is 344 g/mol.